The van der Waals surface area contributed by atoms with Gasteiger partial charge in [0.1, 0.15) is 17.3 Å². The second kappa shape index (κ2) is 7.06. The first-order valence-electron chi connectivity index (χ1n) is 7.69. The van der Waals surface area contributed by atoms with Crippen molar-refractivity contribution >= 4 is 17.8 Å². The van der Waals surface area contributed by atoms with Crippen LogP contribution in [0.5, 0.6) is 0 Å². The predicted molar refractivity (Wildman–Crippen MR) is 94.0 cm³/mol. The van der Waals surface area contributed by atoms with Crippen LogP contribution < -0.4 is 5.43 Å². The van der Waals surface area contributed by atoms with Gasteiger partial charge in [-0.1, -0.05) is 12.1 Å². The SMILES string of the molecule is Cc1ccc(C(=O)N/N=C/c2ccc(-c3ccc(C)c([N+](=O)[O-])c3)o2)o1. The van der Waals surface area contributed by atoms with Crippen LogP contribution in [0.4, 0.5) is 5.69 Å². The Labute approximate surface area is 148 Å². The van der Waals surface area contributed by atoms with Crippen LogP contribution in [-0.2, 0) is 0 Å². The molecule has 132 valence electrons. The summed E-state index contributed by atoms with van der Waals surface area (Å²) >= 11 is 0. The summed E-state index contributed by atoms with van der Waals surface area (Å²) in [6, 6.07) is 11.4. The quantitative estimate of drug-likeness (QED) is 0.426. The minimum Gasteiger partial charge on any atom is -0.456 e. The van der Waals surface area contributed by atoms with Gasteiger partial charge >= 0.3 is 5.91 Å². The van der Waals surface area contributed by atoms with Crippen molar-refractivity contribution in [2.45, 2.75) is 13.8 Å². The molecule has 26 heavy (non-hydrogen) atoms. The zero-order valence-corrected chi connectivity index (χ0v) is 14.1. The van der Waals surface area contributed by atoms with E-state index < -0.39 is 10.8 Å². The maximum absolute atomic E-state index is 11.8. The molecule has 0 bridgehead atoms. The Bertz CT molecular complexity index is 1000. The third-order valence-electron chi connectivity index (χ3n) is 3.64. The first-order valence-corrected chi connectivity index (χ1v) is 7.69. The smallest absolute Gasteiger partial charge is 0.307 e. The van der Waals surface area contributed by atoms with E-state index in [1.54, 1.807) is 50.2 Å². The second-order valence-corrected chi connectivity index (χ2v) is 5.57. The molecule has 1 amide bonds. The lowest BCUT2D eigenvalue weighted by atomic mass is 10.1. The number of aryl methyl sites for hydroxylation is 2. The molecule has 0 unspecified atom stereocenters. The Morgan fingerprint density at radius 1 is 1.15 bits per heavy atom. The van der Waals surface area contributed by atoms with E-state index >= 15 is 0 Å². The summed E-state index contributed by atoms with van der Waals surface area (Å²) in [6.07, 6.45) is 1.33. The highest BCUT2D eigenvalue weighted by atomic mass is 16.6. The van der Waals surface area contributed by atoms with E-state index in [1.807, 2.05) is 0 Å². The Kier molecular flexibility index (Phi) is 4.66. The van der Waals surface area contributed by atoms with Crippen LogP contribution in [0.1, 0.15) is 27.6 Å². The van der Waals surface area contributed by atoms with E-state index in [4.69, 9.17) is 8.83 Å². The number of nitrogens with zero attached hydrogens (tertiary/aromatic N) is 2. The summed E-state index contributed by atoms with van der Waals surface area (Å²) in [4.78, 5) is 22.4. The largest absolute Gasteiger partial charge is 0.456 e. The number of rotatable bonds is 5. The number of hydrogen-bond donors (Lipinski definition) is 1. The van der Waals surface area contributed by atoms with Crippen LogP contribution >= 0.6 is 0 Å². The molecule has 0 aliphatic rings. The van der Waals surface area contributed by atoms with E-state index in [-0.39, 0.29) is 11.4 Å². The molecule has 2 aromatic heterocycles. The van der Waals surface area contributed by atoms with Crippen molar-refractivity contribution in [2.75, 3.05) is 0 Å². The van der Waals surface area contributed by atoms with Gasteiger partial charge in [-0.15, -0.1) is 0 Å². The van der Waals surface area contributed by atoms with E-state index in [1.165, 1.54) is 12.3 Å². The molecule has 0 atom stereocenters. The minimum atomic E-state index is -0.477. The van der Waals surface area contributed by atoms with Gasteiger partial charge in [-0.25, -0.2) is 5.43 Å². The number of hydrazone groups is 1. The van der Waals surface area contributed by atoms with E-state index in [0.717, 1.165) is 0 Å². The van der Waals surface area contributed by atoms with Crippen LogP contribution in [0.25, 0.3) is 11.3 Å². The highest BCUT2D eigenvalue weighted by molar-refractivity contribution is 5.92. The fourth-order valence-corrected chi connectivity index (χ4v) is 2.30. The summed E-state index contributed by atoms with van der Waals surface area (Å²) in [7, 11) is 0. The van der Waals surface area contributed by atoms with Crippen LogP contribution in [0.2, 0.25) is 0 Å². The average Bonchev–Trinajstić information content (AvgIpc) is 3.24. The Hall–Kier alpha value is -3.68. The number of carbonyl (C=O) groups is 1. The number of nitro groups is 1. The third-order valence-corrected chi connectivity index (χ3v) is 3.64. The molecular weight excluding hydrogens is 338 g/mol. The highest BCUT2D eigenvalue weighted by Gasteiger charge is 2.14. The molecule has 2 heterocycles. The number of nitro benzene ring substituents is 1. The molecule has 3 rings (SSSR count). The first-order chi connectivity index (χ1) is 12.4. The first kappa shape index (κ1) is 17.2. The fourth-order valence-electron chi connectivity index (χ4n) is 2.30. The van der Waals surface area contributed by atoms with Crippen molar-refractivity contribution < 1.29 is 18.6 Å². The van der Waals surface area contributed by atoms with Crippen molar-refractivity contribution in [1.82, 2.24) is 5.43 Å². The topological polar surface area (TPSA) is 111 Å². The normalized spacial score (nSPS) is 11.0. The van der Waals surface area contributed by atoms with Crippen molar-refractivity contribution in [2.24, 2.45) is 5.10 Å². The molecule has 0 saturated heterocycles. The van der Waals surface area contributed by atoms with Crippen LogP contribution in [0.15, 0.2) is 56.4 Å². The van der Waals surface area contributed by atoms with Crippen LogP contribution in [0, 0.1) is 24.0 Å². The summed E-state index contributed by atoms with van der Waals surface area (Å²) in [5.41, 5.74) is 3.50. The minimum absolute atomic E-state index is 0.0233. The molecule has 0 radical (unpaired) electrons. The number of amides is 1. The lowest BCUT2D eigenvalue weighted by Crippen LogP contribution is -2.16. The molecule has 0 spiro atoms. The van der Waals surface area contributed by atoms with Crippen molar-refractivity contribution in [3.8, 4) is 11.3 Å². The van der Waals surface area contributed by atoms with Gasteiger partial charge in [0.15, 0.2) is 5.76 Å². The van der Waals surface area contributed by atoms with Crippen molar-refractivity contribution in [3.05, 3.63) is 75.4 Å². The molecule has 8 heteroatoms. The highest BCUT2D eigenvalue weighted by Crippen LogP contribution is 2.27. The van der Waals surface area contributed by atoms with Gasteiger partial charge < -0.3 is 8.83 Å². The van der Waals surface area contributed by atoms with Gasteiger partial charge in [-0.2, -0.15) is 5.10 Å². The Morgan fingerprint density at radius 2 is 1.96 bits per heavy atom. The van der Waals surface area contributed by atoms with Gasteiger partial charge in [0.2, 0.25) is 0 Å². The van der Waals surface area contributed by atoms with E-state index in [9.17, 15) is 14.9 Å². The lowest BCUT2D eigenvalue weighted by molar-refractivity contribution is -0.385. The molecule has 0 saturated carbocycles. The Morgan fingerprint density at radius 3 is 2.65 bits per heavy atom. The number of benzene rings is 1. The van der Waals surface area contributed by atoms with Crippen molar-refractivity contribution in [3.63, 3.8) is 0 Å². The summed E-state index contributed by atoms with van der Waals surface area (Å²) in [5, 5.41) is 14.8. The van der Waals surface area contributed by atoms with Gasteiger partial charge in [0.25, 0.3) is 5.69 Å². The lowest BCUT2D eigenvalue weighted by Gasteiger charge is -2.00. The number of furan rings is 2. The van der Waals surface area contributed by atoms with Gasteiger partial charge in [0.05, 0.1) is 11.1 Å². The number of carbonyl (C=O) groups excluding carboxylic acids is 1. The molecule has 1 N–H and O–H groups in total. The summed E-state index contributed by atoms with van der Waals surface area (Å²) < 4.78 is 10.8. The molecule has 0 aliphatic heterocycles. The zero-order valence-electron chi connectivity index (χ0n) is 14.1. The molecular formula is C18H15N3O5. The molecule has 3 aromatic rings. The molecule has 8 nitrogen and oxygen atoms in total. The number of nitrogens with one attached hydrogen (secondary N) is 1. The average molecular weight is 353 g/mol. The molecule has 0 fully saturated rings. The second-order valence-electron chi connectivity index (χ2n) is 5.57. The monoisotopic (exact) mass is 353 g/mol. The molecule has 1 aromatic carbocycles. The number of hydrogen-bond acceptors (Lipinski definition) is 6. The van der Waals surface area contributed by atoms with E-state index in [2.05, 4.69) is 10.5 Å². The predicted octanol–water partition coefficient (Wildman–Crippen LogP) is 3.83. The standard InChI is InChI=1S/C18H15N3O5/c1-11-3-5-13(9-15(11)21(23)24)16-8-6-14(26-16)10-19-20-18(22)17-7-4-12(2)25-17/h3-10H,1-2H3,(H,20,22)/b19-10+. The van der Waals surface area contributed by atoms with Crippen LogP contribution in [-0.4, -0.2) is 17.0 Å². The summed E-state index contributed by atoms with van der Waals surface area (Å²) in [5.74, 6) is 1.16. The Balaban J connectivity index is 1.71. The van der Waals surface area contributed by atoms with Gasteiger partial charge in [-0.05, 0) is 38.1 Å². The maximum atomic E-state index is 11.8. The van der Waals surface area contributed by atoms with Gasteiger partial charge in [0, 0.05) is 17.2 Å². The summed E-state index contributed by atoms with van der Waals surface area (Å²) in [6.45, 7) is 3.41. The van der Waals surface area contributed by atoms with Crippen molar-refractivity contribution in [1.29, 1.82) is 0 Å². The van der Waals surface area contributed by atoms with E-state index in [0.29, 0.717) is 28.4 Å². The van der Waals surface area contributed by atoms with Gasteiger partial charge in [-0.3, -0.25) is 14.9 Å². The fraction of sp³-hybridized carbons (Fsp3) is 0.111. The molecule has 0 aliphatic carbocycles. The zero-order chi connectivity index (χ0) is 18.7. The van der Waals surface area contributed by atoms with Crippen LogP contribution in [0.3, 0.4) is 0 Å². The third kappa shape index (κ3) is 3.69. The maximum Gasteiger partial charge on any atom is 0.307 e.